The summed E-state index contributed by atoms with van der Waals surface area (Å²) in [6.45, 7) is 6.72. The van der Waals surface area contributed by atoms with E-state index in [1.54, 1.807) is 7.11 Å². The van der Waals surface area contributed by atoms with Crippen LogP contribution in [0.1, 0.15) is 19.3 Å². The highest BCUT2D eigenvalue weighted by Gasteiger charge is 2.30. The molecule has 2 aliphatic rings. The van der Waals surface area contributed by atoms with E-state index in [1.165, 1.54) is 39.0 Å². The SMILES string of the molecule is COC(CN)CCN1CCN(C2CC2)CC1. The summed E-state index contributed by atoms with van der Waals surface area (Å²) in [5.41, 5.74) is 5.62. The standard InChI is InChI=1S/C12H25N3O/c1-16-12(10-13)4-5-14-6-8-15(9-7-14)11-2-3-11/h11-12H,2-10,13H2,1H3. The van der Waals surface area contributed by atoms with Crippen LogP contribution in [0.4, 0.5) is 0 Å². The van der Waals surface area contributed by atoms with Gasteiger partial charge in [0.05, 0.1) is 6.10 Å². The number of hydrogen-bond acceptors (Lipinski definition) is 4. The molecule has 0 radical (unpaired) electrons. The number of rotatable bonds is 6. The van der Waals surface area contributed by atoms with Gasteiger partial charge in [0.2, 0.25) is 0 Å². The molecule has 1 heterocycles. The zero-order chi connectivity index (χ0) is 11.4. The molecule has 1 saturated heterocycles. The van der Waals surface area contributed by atoms with Crippen LogP contribution in [0, 0.1) is 0 Å². The van der Waals surface area contributed by atoms with E-state index in [2.05, 4.69) is 9.80 Å². The molecule has 0 aromatic heterocycles. The molecule has 0 aromatic rings. The third-order valence-corrected chi connectivity index (χ3v) is 3.83. The van der Waals surface area contributed by atoms with E-state index >= 15 is 0 Å². The van der Waals surface area contributed by atoms with Crippen LogP contribution in [0.15, 0.2) is 0 Å². The predicted octanol–water partition coefficient (Wildman–Crippen LogP) is 0.130. The fraction of sp³-hybridized carbons (Fsp3) is 1.00. The summed E-state index contributed by atoms with van der Waals surface area (Å²) < 4.78 is 5.30. The monoisotopic (exact) mass is 227 g/mol. The molecule has 0 spiro atoms. The lowest BCUT2D eigenvalue weighted by Gasteiger charge is -2.35. The van der Waals surface area contributed by atoms with Gasteiger partial charge >= 0.3 is 0 Å². The van der Waals surface area contributed by atoms with Gasteiger partial charge in [-0.3, -0.25) is 4.90 Å². The molecule has 1 unspecified atom stereocenters. The van der Waals surface area contributed by atoms with Crippen LogP contribution in [-0.4, -0.2) is 68.3 Å². The summed E-state index contributed by atoms with van der Waals surface area (Å²) >= 11 is 0. The van der Waals surface area contributed by atoms with Gasteiger partial charge in [0.25, 0.3) is 0 Å². The third-order valence-electron chi connectivity index (χ3n) is 3.83. The van der Waals surface area contributed by atoms with Crippen LogP contribution in [-0.2, 0) is 4.74 Å². The molecule has 0 bridgehead atoms. The summed E-state index contributed by atoms with van der Waals surface area (Å²) in [5.74, 6) is 0. The molecule has 16 heavy (non-hydrogen) atoms. The average Bonchev–Trinajstić information content (AvgIpc) is 3.15. The lowest BCUT2D eigenvalue weighted by atomic mass is 10.2. The van der Waals surface area contributed by atoms with Crippen molar-refractivity contribution >= 4 is 0 Å². The Balaban J connectivity index is 1.60. The van der Waals surface area contributed by atoms with Gasteiger partial charge in [-0.1, -0.05) is 0 Å². The Labute approximate surface area is 98.7 Å². The number of methoxy groups -OCH3 is 1. The number of hydrogen-bond donors (Lipinski definition) is 1. The summed E-state index contributed by atoms with van der Waals surface area (Å²) in [6, 6.07) is 0.929. The molecule has 2 rings (SSSR count). The van der Waals surface area contributed by atoms with Crippen molar-refractivity contribution in [2.75, 3.05) is 46.4 Å². The first kappa shape index (κ1) is 12.3. The number of nitrogens with two attached hydrogens (primary N) is 1. The maximum atomic E-state index is 5.62. The first-order chi connectivity index (χ1) is 7.83. The number of ether oxygens (including phenoxy) is 1. The fourth-order valence-corrected chi connectivity index (χ4v) is 2.45. The first-order valence-corrected chi connectivity index (χ1v) is 6.52. The molecular formula is C12H25N3O. The quantitative estimate of drug-likeness (QED) is 0.700. The molecule has 1 atom stereocenters. The van der Waals surface area contributed by atoms with E-state index in [0.717, 1.165) is 19.0 Å². The Hall–Kier alpha value is -0.160. The van der Waals surface area contributed by atoms with Gasteiger partial charge in [-0.15, -0.1) is 0 Å². The van der Waals surface area contributed by atoms with Crippen LogP contribution in [0.25, 0.3) is 0 Å². The highest BCUT2D eigenvalue weighted by Crippen LogP contribution is 2.27. The van der Waals surface area contributed by atoms with E-state index < -0.39 is 0 Å². The second-order valence-electron chi connectivity index (χ2n) is 4.99. The highest BCUT2D eigenvalue weighted by molar-refractivity contribution is 4.87. The van der Waals surface area contributed by atoms with E-state index in [1.807, 2.05) is 0 Å². The van der Waals surface area contributed by atoms with Crippen LogP contribution in [0.2, 0.25) is 0 Å². The Morgan fingerprint density at radius 2 is 1.94 bits per heavy atom. The molecule has 1 aliphatic heterocycles. The van der Waals surface area contributed by atoms with Gasteiger partial charge in [0, 0.05) is 52.4 Å². The lowest BCUT2D eigenvalue weighted by Crippen LogP contribution is -2.47. The summed E-state index contributed by atoms with van der Waals surface area (Å²) in [4.78, 5) is 5.19. The van der Waals surface area contributed by atoms with Crippen LogP contribution in [0.5, 0.6) is 0 Å². The Kier molecular flexibility index (Phi) is 4.58. The van der Waals surface area contributed by atoms with Crippen molar-refractivity contribution in [3.05, 3.63) is 0 Å². The zero-order valence-electron chi connectivity index (χ0n) is 10.4. The van der Waals surface area contributed by atoms with Crippen LogP contribution in [0.3, 0.4) is 0 Å². The van der Waals surface area contributed by atoms with Gasteiger partial charge in [-0.2, -0.15) is 0 Å². The minimum atomic E-state index is 0.237. The molecule has 1 saturated carbocycles. The van der Waals surface area contributed by atoms with Gasteiger partial charge in [-0.25, -0.2) is 0 Å². The molecule has 0 amide bonds. The van der Waals surface area contributed by atoms with Crippen molar-refractivity contribution in [2.24, 2.45) is 5.73 Å². The largest absolute Gasteiger partial charge is 0.380 e. The van der Waals surface area contributed by atoms with E-state index in [4.69, 9.17) is 10.5 Å². The molecule has 4 nitrogen and oxygen atoms in total. The zero-order valence-corrected chi connectivity index (χ0v) is 10.4. The Bertz CT molecular complexity index is 196. The number of piperazine rings is 1. The van der Waals surface area contributed by atoms with Crippen LogP contribution >= 0.6 is 0 Å². The minimum Gasteiger partial charge on any atom is -0.380 e. The van der Waals surface area contributed by atoms with E-state index in [0.29, 0.717) is 6.54 Å². The van der Waals surface area contributed by atoms with Gasteiger partial charge in [0.15, 0.2) is 0 Å². The predicted molar refractivity (Wildman–Crippen MR) is 65.5 cm³/mol. The van der Waals surface area contributed by atoms with E-state index in [-0.39, 0.29) is 6.10 Å². The topological polar surface area (TPSA) is 41.7 Å². The highest BCUT2D eigenvalue weighted by atomic mass is 16.5. The molecule has 2 fully saturated rings. The normalized spacial score (nSPS) is 25.9. The fourth-order valence-electron chi connectivity index (χ4n) is 2.45. The summed E-state index contributed by atoms with van der Waals surface area (Å²) in [7, 11) is 1.75. The van der Waals surface area contributed by atoms with Gasteiger partial charge in [-0.05, 0) is 19.3 Å². The van der Waals surface area contributed by atoms with Crippen molar-refractivity contribution in [3.8, 4) is 0 Å². The van der Waals surface area contributed by atoms with Crippen molar-refractivity contribution in [2.45, 2.75) is 31.4 Å². The van der Waals surface area contributed by atoms with Crippen molar-refractivity contribution in [3.63, 3.8) is 0 Å². The van der Waals surface area contributed by atoms with Gasteiger partial charge < -0.3 is 15.4 Å². The average molecular weight is 227 g/mol. The van der Waals surface area contributed by atoms with Gasteiger partial charge in [0.1, 0.15) is 0 Å². The molecule has 2 N–H and O–H groups in total. The third kappa shape index (κ3) is 3.42. The molecule has 4 heteroatoms. The van der Waals surface area contributed by atoms with Crippen molar-refractivity contribution in [1.82, 2.24) is 9.80 Å². The lowest BCUT2D eigenvalue weighted by molar-refractivity contribution is 0.0737. The molecule has 1 aliphatic carbocycles. The van der Waals surface area contributed by atoms with E-state index in [9.17, 15) is 0 Å². The maximum absolute atomic E-state index is 5.62. The van der Waals surface area contributed by atoms with Crippen LogP contribution < -0.4 is 5.73 Å². The Morgan fingerprint density at radius 3 is 2.44 bits per heavy atom. The number of nitrogens with zero attached hydrogens (tertiary/aromatic N) is 2. The maximum Gasteiger partial charge on any atom is 0.0705 e. The Morgan fingerprint density at radius 1 is 1.25 bits per heavy atom. The van der Waals surface area contributed by atoms with Crippen molar-refractivity contribution < 1.29 is 4.74 Å². The smallest absolute Gasteiger partial charge is 0.0705 e. The molecular weight excluding hydrogens is 202 g/mol. The molecule has 94 valence electrons. The molecule has 0 aromatic carbocycles. The van der Waals surface area contributed by atoms with Crippen molar-refractivity contribution in [1.29, 1.82) is 0 Å². The second-order valence-corrected chi connectivity index (χ2v) is 4.99. The minimum absolute atomic E-state index is 0.237. The summed E-state index contributed by atoms with van der Waals surface area (Å²) in [6.07, 6.45) is 4.16. The first-order valence-electron chi connectivity index (χ1n) is 6.52. The summed E-state index contributed by atoms with van der Waals surface area (Å²) in [5, 5.41) is 0. The second kappa shape index (κ2) is 5.96.